The van der Waals surface area contributed by atoms with Crippen molar-refractivity contribution in [2.45, 2.75) is 62.4 Å². The minimum absolute atomic E-state index is 0.144. The molecule has 0 bridgehead atoms. The third-order valence-electron chi connectivity index (χ3n) is 5.56. The van der Waals surface area contributed by atoms with Gasteiger partial charge >= 0.3 is 5.63 Å². The Morgan fingerprint density at radius 3 is 2.43 bits per heavy atom. The summed E-state index contributed by atoms with van der Waals surface area (Å²) in [5.41, 5.74) is -1.36. The first kappa shape index (κ1) is 21.2. The summed E-state index contributed by atoms with van der Waals surface area (Å²) in [7, 11) is 0. The molecular weight excluding hydrogens is 400 g/mol. The van der Waals surface area contributed by atoms with Gasteiger partial charge in [-0.05, 0) is 32.0 Å². The smallest absolute Gasteiger partial charge is 0.336 e. The molecule has 164 valence electrons. The molecule has 0 unspecified atom stereocenters. The Bertz CT molecular complexity index is 983. The molecule has 0 aliphatic carbocycles. The highest BCUT2D eigenvalue weighted by Crippen LogP contribution is 2.45. The Hall–Kier alpha value is -2.05. The van der Waals surface area contributed by atoms with Crippen molar-refractivity contribution >= 4 is 11.0 Å². The van der Waals surface area contributed by atoms with E-state index in [-0.39, 0.29) is 11.1 Å². The Kier molecular flexibility index (Phi) is 5.35. The second kappa shape index (κ2) is 7.57. The summed E-state index contributed by atoms with van der Waals surface area (Å²) in [4.78, 5) is 11.7. The summed E-state index contributed by atoms with van der Waals surface area (Å²) in [5.74, 6) is 0.308. The monoisotopic (exact) mass is 424 g/mol. The van der Waals surface area contributed by atoms with Gasteiger partial charge < -0.3 is 44.2 Å². The molecular formula is C20H24O10. The molecule has 2 aromatic rings. The van der Waals surface area contributed by atoms with Crippen molar-refractivity contribution in [1.82, 2.24) is 0 Å². The number of hydrogen-bond donors (Lipinski definition) is 5. The van der Waals surface area contributed by atoms with Crippen LogP contribution in [0, 0.1) is 0 Å². The number of ether oxygens (including phenoxy) is 3. The normalized spacial score (nSPS) is 35.6. The zero-order valence-electron chi connectivity index (χ0n) is 16.3. The molecule has 1 fully saturated rings. The van der Waals surface area contributed by atoms with E-state index in [1.165, 1.54) is 6.07 Å². The third kappa shape index (κ3) is 3.40. The molecule has 1 aromatic heterocycles. The maximum atomic E-state index is 11.7. The molecule has 30 heavy (non-hydrogen) atoms. The molecule has 1 saturated heterocycles. The van der Waals surface area contributed by atoms with Gasteiger partial charge in [0.05, 0.1) is 12.2 Å². The van der Waals surface area contributed by atoms with Gasteiger partial charge in [0.2, 0.25) is 0 Å². The molecule has 2 aliphatic rings. The molecule has 1 aromatic carbocycles. The molecule has 2 aliphatic heterocycles. The number of benzene rings is 1. The summed E-state index contributed by atoms with van der Waals surface area (Å²) in [5, 5.41) is 51.3. The van der Waals surface area contributed by atoms with E-state index in [1.807, 2.05) is 0 Å². The predicted octanol–water partition coefficient (Wildman–Crippen LogP) is -0.818. The lowest BCUT2D eigenvalue weighted by atomic mass is 9.87. The molecule has 4 rings (SSSR count). The minimum atomic E-state index is -1.64. The number of rotatable bonds is 3. The van der Waals surface area contributed by atoms with Crippen LogP contribution in [0.3, 0.4) is 0 Å². The zero-order valence-corrected chi connectivity index (χ0v) is 16.3. The van der Waals surface area contributed by atoms with Crippen LogP contribution in [0.4, 0.5) is 0 Å². The standard InChI is InChI=1S/C20H24O10/c1-20(2)18(29-19-16(26)15(25)13(23)10(7-21)27-19)14(24)12-9(30-20)5-3-8-4-6-11(22)28-17(8)12/h3-6,10,13-16,18-19,21,23-26H,7H2,1-2H3/t10-,13-,14-,15+,16-,18-,19-/m1/s1. The van der Waals surface area contributed by atoms with Gasteiger partial charge in [0.25, 0.3) is 0 Å². The van der Waals surface area contributed by atoms with Gasteiger partial charge in [0.1, 0.15) is 53.6 Å². The fraction of sp³-hybridized carbons (Fsp3) is 0.550. The van der Waals surface area contributed by atoms with Crippen molar-refractivity contribution in [1.29, 1.82) is 0 Å². The van der Waals surface area contributed by atoms with E-state index in [2.05, 4.69) is 0 Å². The van der Waals surface area contributed by atoms with Crippen molar-refractivity contribution in [2.75, 3.05) is 6.61 Å². The van der Waals surface area contributed by atoms with Gasteiger partial charge in [-0.25, -0.2) is 4.79 Å². The van der Waals surface area contributed by atoms with E-state index >= 15 is 0 Å². The van der Waals surface area contributed by atoms with Crippen LogP contribution < -0.4 is 10.4 Å². The average Bonchev–Trinajstić information content (AvgIpc) is 2.69. The van der Waals surface area contributed by atoms with Gasteiger partial charge in [0.15, 0.2) is 6.29 Å². The zero-order chi connectivity index (χ0) is 21.8. The van der Waals surface area contributed by atoms with Gasteiger partial charge in [-0.3, -0.25) is 0 Å². The lowest BCUT2D eigenvalue weighted by Crippen LogP contribution is -2.62. The van der Waals surface area contributed by atoms with Crippen LogP contribution in [-0.2, 0) is 9.47 Å². The molecule has 5 N–H and O–H groups in total. The highest BCUT2D eigenvalue weighted by molar-refractivity contribution is 5.83. The Morgan fingerprint density at radius 2 is 1.73 bits per heavy atom. The van der Waals surface area contributed by atoms with Crippen LogP contribution >= 0.6 is 0 Å². The van der Waals surface area contributed by atoms with Crippen LogP contribution in [-0.4, -0.2) is 74.6 Å². The largest absolute Gasteiger partial charge is 0.484 e. The maximum Gasteiger partial charge on any atom is 0.336 e. The van der Waals surface area contributed by atoms with Crippen LogP contribution in [0.25, 0.3) is 11.0 Å². The van der Waals surface area contributed by atoms with Gasteiger partial charge in [0, 0.05) is 11.5 Å². The summed E-state index contributed by atoms with van der Waals surface area (Å²) in [6, 6.07) is 6.16. The maximum absolute atomic E-state index is 11.7. The Labute approximate surface area is 170 Å². The molecule has 0 spiro atoms. The lowest BCUT2D eigenvalue weighted by molar-refractivity contribution is -0.330. The lowest BCUT2D eigenvalue weighted by Gasteiger charge is -2.46. The summed E-state index contributed by atoms with van der Waals surface area (Å²) >= 11 is 0. The second-order valence-electron chi connectivity index (χ2n) is 8.05. The number of fused-ring (bicyclic) bond motifs is 3. The third-order valence-corrected chi connectivity index (χ3v) is 5.56. The van der Waals surface area contributed by atoms with E-state index < -0.39 is 60.7 Å². The first-order chi connectivity index (χ1) is 14.1. The van der Waals surface area contributed by atoms with E-state index in [4.69, 9.17) is 18.6 Å². The Morgan fingerprint density at radius 1 is 1.03 bits per heavy atom. The van der Waals surface area contributed by atoms with Gasteiger partial charge in [-0.1, -0.05) is 0 Å². The minimum Gasteiger partial charge on any atom is -0.484 e. The summed E-state index contributed by atoms with van der Waals surface area (Å²) in [6.07, 6.45) is -9.90. The molecule has 0 saturated carbocycles. The topological polar surface area (TPSA) is 159 Å². The van der Waals surface area contributed by atoms with E-state index in [0.29, 0.717) is 11.1 Å². The average molecular weight is 424 g/mol. The highest BCUT2D eigenvalue weighted by Gasteiger charge is 2.51. The molecule has 10 heteroatoms. The van der Waals surface area contributed by atoms with E-state index in [0.717, 1.165) is 0 Å². The van der Waals surface area contributed by atoms with Crippen LogP contribution in [0.1, 0.15) is 25.5 Å². The quantitative estimate of drug-likeness (QED) is 0.394. The summed E-state index contributed by atoms with van der Waals surface area (Å²) < 4.78 is 22.5. The van der Waals surface area contributed by atoms with Gasteiger partial charge in [-0.2, -0.15) is 0 Å². The first-order valence-corrected chi connectivity index (χ1v) is 9.54. The number of aliphatic hydroxyl groups excluding tert-OH is 5. The predicted molar refractivity (Wildman–Crippen MR) is 101 cm³/mol. The van der Waals surface area contributed by atoms with E-state index in [9.17, 15) is 30.3 Å². The van der Waals surface area contributed by atoms with Crippen LogP contribution in [0.2, 0.25) is 0 Å². The van der Waals surface area contributed by atoms with Crippen molar-refractivity contribution < 1.29 is 44.2 Å². The summed E-state index contributed by atoms with van der Waals surface area (Å²) in [6.45, 7) is 2.69. The second-order valence-corrected chi connectivity index (χ2v) is 8.05. The Balaban J connectivity index is 1.71. The van der Waals surface area contributed by atoms with Crippen molar-refractivity contribution in [3.63, 3.8) is 0 Å². The van der Waals surface area contributed by atoms with Crippen LogP contribution in [0.5, 0.6) is 5.75 Å². The molecule has 3 heterocycles. The SMILES string of the molecule is CC1(C)Oc2ccc3ccc(=O)oc3c2[C@@H](O)[C@H]1O[C@H]1O[C@H](CO)[C@@H](O)[C@H](O)[C@H]1O. The molecule has 7 atom stereocenters. The first-order valence-electron chi connectivity index (χ1n) is 9.54. The van der Waals surface area contributed by atoms with Crippen molar-refractivity contribution in [2.24, 2.45) is 0 Å². The molecule has 10 nitrogen and oxygen atoms in total. The number of hydrogen-bond acceptors (Lipinski definition) is 10. The highest BCUT2D eigenvalue weighted by atomic mass is 16.7. The fourth-order valence-corrected chi connectivity index (χ4v) is 3.94. The molecule has 0 amide bonds. The van der Waals surface area contributed by atoms with Crippen molar-refractivity contribution in [3.8, 4) is 5.75 Å². The van der Waals surface area contributed by atoms with E-state index in [1.54, 1.807) is 32.0 Å². The molecule has 0 radical (unpaired) electrons. The van der Waals surface area contributed by atoms with Gasteiger partial charge in [-0.15, -0.1) is 0 Å². The fourth-order valence-electron chi connectivity index (χ4n) is 3.94. The number of aliphatic hydroxyl groups is 5. The van der Waals surface area contributed by atoms with Crippen LogP contribution in [0.15, 0.2) is 33.5 Å². The van der Waals surface area contributed by atoms with Crippen molar-refractivity contribution in [3.05, 3.63) is 40.2 Å².